The minimum atomic E-state index is 0. The molecule has 1 aliphatic heterocycles. The van der Waals surface area contributed by atoms with Crippen LogP contribution in [-0.4, -0.2) is 43.0 Å². The van der Waals surface area contributed by atoms with Gasteiger partial charge in [-0.15, -0.1) is 12.4 Å². The van der Waals surface area contributed by atoms with Gasteiger partial charge in [0.1, 0.15) is 0 Å². The van der Waals surface area contributed by atoms with E-state index in [0.29, 0.717) is 12.6 Å². The Hall–Kier alpha value is -0.620. The van der Waals surface area contributed by atoms with E-state index in [0.717, 1.165) is 35.4 Å². The number of halogens is 2. The van der Waals surface area contributed by atoms with Crippen molar-refractivity contribution in [1.82, 2.24) is 10.2 Å². The van der Waals surface area contributed by atoms with Crippen LogP contribution >= 0.6 is 28.3 Å². The van der Waals surface area contributed by atoms with Gasteiger partial charge in [0.2, 0.25) is 5.91 Å². The lowest BCUT2D eigenvalue weighted by molar-refractivity contribution is -0.118. The molecule has 1 fully saturated rings. The van der Waals surface area contributed by atoms with Crippen molar-refractivity contribution in [3.05, 3.63) is 28.2 Å². The van der Waals surface area contributed by atoms with Crippen molar-refractivity contribution in [2.75, 3.05) is 31.5 Å². The Morgan fingerprint density at radius 2 is 2.30 bits per heavy atom. The third-order valence-corrected chi connectivity index (χ3v) is 3.94. The Balaban J connectivity index is 0.00000200. The highest BCUT2D eigenvalue weighted by Crippen LogP contribution is 2.20. The van der Waals surface area contributed by atoms with Gasteiger partial charge >= 0.3 is 0 Å². The van der Waals surface area contributed by atoms with E-state index in [2.05, 4.69) is 38.4 Å². The maximum atomic E-state index is 12.1. The molecule has 0 aliphatic carbocycles. The van der Waals surface area contributed by atoms with Crippen LogP contribution in [0.2, 0.25) is 0 Å². The maximum absolute atomic E-state index is 12.1. The third-order valence-electron chi connectivity index (χ3n) is 3.45. The van der Waals surface area contributed by atoms with Crippen LogP contribution in [0.5, 0.6) is 0 Å². The van der Waals surface area contributed by atoms with Gasteiger partial charge in [-0.1, -0.05) is 15.9 Å². The van der Waals surface area contributed by atoms with Gasteiger partial charge in [-0.2, -0.15) is 0 Å². The van der Waals surface area contributed by atoms with Crippen molar-refractivity contribution < 1.29 is 4.79 Å². The van der Waals surface area contributed by atoms with Crippen molar-refractivity contribution in [2.24, 2.45) is 0 Å². The smallest absolute Gasteiger partial charge is 0.238 e. The number of carbonyl (C=O) groups excluding carboxylic acids is 1. The molecule has 0 spiro atoms. The van der Waals surface area contributed by atoms with E-state index in [4.69, 9.17) is 0 Å². The number of amides is 1. The van der Waals surface area contributed by atoms with E-state index < -0.39 is 0 Å². The highest BCUT2D eigenvalue weighted by atomic mass is 79.9. The predicted octanol–water partition coefficient (Wildman–Crippen LogP) is 2.41. The molecule has 1 aromatic carbocycles. The first-order valence-electron chi connectivity index (χ1n) is 6.57. The van der Waals surface area contributed by atoms with Crippen molar-refractivity contribution in [2.45, 2.75) is 19.9 Å². The van der Waals surface area contributed by atoms with Crippen LogP contribution in [0.25, 0.3) is 0 Å². The van der Waals surface area contributed by atoms with Gasteiger partial charge in [0, 0.05) is 35.8 Å². The molecule has 1 heterocycles. The maximum Gasteiger partial charge on any atom is 0.238 e. The molecule has 1 atom stereocenters. The molecule has 6 heteroatoms. The average Bonchev–Trinajstić information content (AvgIpc) is 2.36. The summed E-state index contributed by atoms with van der Waals surface area (Å²) in [4.78, 5) is 14.3. The number of hydrogen-bond donors (Lipinski definition) is 2. The minimum Gasteiger partial charge on any atom is -0.325 e. The second-order valence-electron chi connectivity index (χ2n) is 5.03. The summed E-state index contributed by atoms with van der Waals surface area (Å²) in [5.74, 6) is 0.0548. The number of piperazine rings is 1. The normalized spacial score (nSPS) is 19.2. The van der Waals surface area contributed by atoms with Crippen molar-refractivity contribution in [1.29, 1.82) is 0 Å². The molecule has 1 saturated heterocycles. The van der Waals surface area contributed by atoms with Gasteiger partial charge in [-0.05, 0) is 37.6 Å². The molecule has 1 aliphatic rings. The highest BCUT2D eigenvalue weighted by molar-refractivity contribution is 9.10. The summed E-state index contributed by atoms with van der Waals surface area (Å²) in [7, 11) is 0. The van der Waals surface area contributed by atoms with Gasteiger partial charge in [0.15, 0.2) is 0 Å². The molecule has 112 valence electrons. The van der Waals surface area contributed by atoms with Gasteiger partial charge in [0.25, 0.3) is 0 Å². The summed E-state index contributed by atoms with van der Waals surface area (Å²) in [5, 5.41) is 6.31. The standard InChI is InChI=1S/C14H20BrN3O.ClH/c1-10-7-12(15)3-4-13(10)17-14(19)9-18-6-5-16-8-11(18)2;/h3-4,7,11,16H,5-6,8-9H2,1-2H3,(H,17,19);1H/t11-;/m1./s1. The first-order chi connectivity index (χ1) is 9.06. The van der Waals surface area contributed by atoms with E-state index in [1.165, 1.54) is 0 Å². The summed E-state index contributed by atoms with van der Waals surface area (Å²) in [6.07, 6.45) is 0. The van der Waals surface area contributed by atoms with Crippen LogP contribution in [0.4, 0.5) is 5.69 Å². The topological polar surface area (TPSA) is 44.4 Å². The van der Waals surface area contributed by atoms with Crippen LogP contribution in [-0.2, 0) is 4.79 Å². The molecule has 2 rings (SSSR count). The monoisotopic (exact) mass is 361 g/mol. The fraction of sp³-hybridized carbons (Fsp3) is 0.500. The Kier molecular flexibility index (Phi) is 6.95. The summed E-state index contributed by atoms with van der Waals surface area (Å²) in [6.45, 7) is 7.42. The first kappa shape index (κ1) is 17.4. The van der Waals surface area contributed by atoms with Gasteiger partial charge in [-0.3, -0.25) is 9.69 Å². The van der Waals surface area contributed by atoms with Crippen LogP contribution in [0, 0.1) is 6.92 Å². The van der Waals surface area contributed by atoms with E-state index in [1.807, 2.05) is 25.1 Å². The lowest BCUT2D eigenvalue weighted by Gasteiger charge is -2.33. The zero-order valence-corrected chi connectivity index (χ0v) is 14.2. The number of carbonyl (C=O) groups is 1. The Bertz CT molecular complexity index is 470. The number of nitrogens with one attached hydrogen (secondary N) is 2. The lowest BCUT2D eigenvalue weighted by Crippen LogP contribution is -2.52. The average molecular weight is 363 g/mol. The molecular formula is C14H21BrClN3O. The molecule has 0 saturated carbocycles. The minimum absolute atomic E-state index is 0. The van der Waals surface area contributed by atoms with Crippen LogP contribution in [0.1, 0.15) is 12.5 Å². The van der Waals surface area contributed by atoms with Gasteiger partial charge in [-0.25, -0.2) is 0 Å². The fourth-order valence-electron chi connectivity index (χ4n) is 2.26. The van der Waals surface area contributed by atoms with E-state index in [9.17, 15) is 4.79 Å². The number of nitrogens with zero attached hydrogens (tertiary/aromatic N) is 1. The number of benzene rings is 1. The Morgan fingerprint density at radius 3 is 2.95 bits per heavy atom. The molecule has 0 aromatic heterocycles. The highest BCUT2D eigenvalue weighted by Gasteiger charge is 2.20. The summed E-state index contributed by atoms with van der Waals surface area (Å²) < 4.78 is 1.03. The first-order valence-corrected chi connectivity index (χ1v) is 7.36. The largest absolute Gasteiger partial charge is 0.325 e. The van der Waals surface area contributed by atoms with E-state index in [-0.39, 0.29) is 18.3 Å². The zero-order chi connectivity index (χ0) is 13.8. The summed E-state index contributed by atoms with van der Waals surface area (Å²) >= 11 is 3.42. The number of hydrogen-bond acceptors (Lipinski definition) is 3. The van der Waals surface area contributed by atoms with Crippen molar-refractivity contribution >= 4 is 39.9 Å². The molecule has 4 nitrogen and oxygen atoms in total. The number of anilines is 1. The Labute approximate surface area is 134 Å². The second-order valence-corrected chi connectivity index (χ2v) is 5.95. The van der Waals surface area contributed by atoms with Crippen LogP contribution in [0.3, 0.4) is 0 Å². The van der Waals surface area contributed by atoms with Crippen LogP contribution < -0.4 is 10.6 Å². The van der Waals surface area contributed by atoms with Gasteiger partial charge in [0.05, 0.1) is 6.54 Å². The molecule has 1 amide bonds. The SMILES string of the molecule is Cc1cc(Br)ccc1NC(=O)CN1CCNC[C@H]1C.Cl. The number of rotatable bonds is 3. The third kappa shape index (κ3) is 4.74. The summed E-state index contributed by atoms with van der Waals surface area (Å²) in [5.41, 5.74) is 1.95. The molecule has 20 heavy (non-hydrogen) atoms. The quantitative estimate of drug-likeness (QED) is 0.868. The van der Waals surface area contributed by atoms with Crippen molar-refractivity contribution in [3.63, 3.8) is 0 Å². The summed E-state index contributed by atoms with van der Waals surface area (Å²) in [6, 6.07) is 6.28. The fourth-order valence-corrected chi connectivity index (χ4v) is 2.74. The zero-order valence-electron chi connectivity index (χ0n) is 11.8. The molecule has 0 unspecified atom stereocenters. The molecule has 0 radical (unpaired) electrons. The molecule has 2 N–H and O–H groups in total. The molecule has 1 aromatic rings. The van der Waals surface area contributed by atoms with Gasteiger partial charge < -0.3 is 10.6 Å². The molecule has 0 bridgehead atoms. The number of aryl methyl sites for hydroxylation is 1. The Morgan fingerprint density at radius 1 is 1.55 bits per heavy atom. The van der Waals surface area contributed by atoms with E-state index in [1.54, 1.807) is 0 Å². The van der Waals surface area contributed by atoms with Crippen LogP contribution in [0.15, 0.2) is 22.7 Å². The second kappa shape index (κ2) is 7.98. The predicted molar refractivity (Wildman–Crippen MR) is 88.7 cm³/mol. The van der Waals surface area contributed by atoms with E-state index >= 15 is 0 Å². The lowest BCUT2D eigenvalue weighted by atomic mass is 10.2. The van der Waals surface area contributed by atoms with Crippen molar-refractivity contribution in [3.8, 4) is 0 Å². The molecular weight excluding hydrogens is 342 g/mol.